The second-order valence-electron chi connectivity index (χ2n) is 4.44. The molecule has 1 aromatic heterocycles. The van der Waals surface area contributed by atoms with Crippen LogP contribution in [0.15, 0.2) is 53.9 Å². The summed E-state index contributed by atoms with van der Waals surface area (Å²) >= 11 is 11.7. The van der Waals surface area contributed by atoms with E-state index in [1.165, 1.54) is 21.2 Å². The summed E-state index contributed by atoms with van der Waals surface area (Å²) in [6.07, 6.45) is 0.946. The third-order valence-corrected chi connectivity index (χ3v) is 5.77. The van der Waals surface area contributed by atoms with E-state index in [4.69, 9.17) is 11.6 Å². The molecular formula is C16H12BrClS. The monoisotopic (exact) mass is 350 g/mol. The van der Waals surface area contributed by atoms with E-state index in [1.807, 2.05) is 11.4 Å². The Morgan fingerprint density at radius 1 is 1.05 bits per heavy atom. The molecule has 96 valence electrons. The van der Waals surface area contributed by atoms with Gasteiger partial charge in [0, 0.05) is 4.88 Å². The predicted molar refractivity (Wildman–Crippen MR) is 88.6 cm³/mol. The first-order valence-corrected chi connectivity index (χ1v) is 8.26. The van der Waals surface area contributed by atoms with Crippen molar-refractivity contribution in [2.45, 2.75) is 11.2 Å². The highest BCUT2D eigenvalue weighted by atomic mass is 79.9. The number of alkyl halides is 1. The summed E-state index contributed by atoms with van der Waals surface area (Å²) < 4.78 is 0. The molecule has 3 heteroatoms. The van der Waals surface area contributed by atoms with Crippen molar-refractivity contribution >= 4 is 49.6 Å². The topological polar surface area (TPSA) is 0 Å². The van der Waals surface area contributed by atoms with E-state index >= 15 is 0 Å². The van der Waals surface area contributed by atoms with E-state index in [0.29, 0.717) is 0 Å². The molecule has 0 radical (unpaired) electrons. The maximum Gasteiger partial charge on any atom is 0.0556 e. The van der Waals surface area contributed by atoms with Gasteiger partial charge in [-0.05, 0) is 34.2 Å². The lowest BCUT2D eigenvalue weighted by Gasteiger charge is -2.11. The van der Waals surface area contributed by atoms with E-state index in [2.05, 4.69) is 58.4 Å². The SMILES string of the molecule is Clc1ccsc1C(Br)Cc1cccc2ccccc12. The van der Waals surface area contributed by atoms with Gasteiger partial charge in [0.1, 0.15) is 0 Å². The first-order chi connectivity index (χ1) is 9.25. The van der Waals surface area contributed by atoms with Gasteiger partial charge in [0.15, 0.2) is 0 Å². The number of thiophene rings is 1. The lowest BCUT2D eigenvalue weighted by Crippen LogP contribution is -1.94. The van der Waals surface area contributed by atoms with Gasteiger partial charge in [0.2, 0.25) is 0 Å². The van der Waals surface area contributed by atoms with Crippen LogP contribution in [0.1, 0.15) is 15.3 Å². The molecule has 0 fully saturated rings. The van der Waals surface area contributed by atoms with Gasteiger partial charge in [-0.2, -0.15) is 0 Å². The Hall–Kier alpha value is -0.830. The van der Waals surface area contributed by atoms with E-state index in [1.54, 1.807) is 11.3 Å². The van der Waals surface area contributed by atoms with Crippen LogP contribution in [-0.2, 0) is 6.42 Å². The summed E-state index contributed by atoms with van der Waals surface area (Å²) in [5.41, 5.74) is 1.35. The second-order valence-corrected chi connectivity index (χ2v) is 6.90. The lowest BCUT2D eigenvalue weighted by atomic mass is 10.0. The third kappa shape index (κ3) is 2.71. The van der Waals surface area contributed by atoms with Crippen LogP contribution in [0.4, 0.5) is 0 Å². The quantitative estimate of drug-likeness (QED) is 0.490. The summed E-state index contributed by atoms with van der Waals surface area (Å²) in [7, 11) is 0. The molecule has 0 nitrogen and oxygen atoms in total. The largest absolute Gasteiger partial charge is 0.146 e. The van der Waals surface area contributed by atoms with Crippen molar-refractivity contribution in [1.82, 2.24) is 0 Å². The van der Waals surface area contributed by atoms with E-state index in [-0.39, 0.29) is 4.83 Å². The Balaban J connectivity index is 1.96. The summed E-state index contributed by atoms with van der Waals surface area (Å²) in [6, 6.07) is 16.9. The van der Waals surface area contributed by atoms with Crippen LogP contribution in [0.2, 0.25) is 5.02 Å². The molecular weight excluding hydrogens is 340 g/mol. The Morgan fingerprint density at radius 2 is 1.84 bits per heavy atom. The number of halogens is 2. The molecule has 1 unspecified atom stereocenters. The van der Waals surface area contributed by atoms with Gasteiger partial charge in [0.25, 0.3) is 0 Å². The van der Waals surface area contributed by atoms with Gasteiger partial charge >= 0.3 is 0 Å². The van der Waals surface area contributed by atoms with Crippen LogP contribution in [0, 0.1) is 0 Å². The molecule has 0 aliphatic heterocycles. The van der Waals surface area contributed by atoms with Gasteiger partial charge in [0.05, 0.1) is 9.85 Å². The first-order valence-electron chi connectivity index (χ1n) is 6.09. The molecule has 1 atom stereocenters. The third-order valence-electron chi connectivity index (χ3n) is 3.21. The fraction of sp³-hybridized carbons (Fsp3) is 0.125. The van der Waals surface area contributed by atoms with Crippen LogP contribution in [0.3, 0.4) is 0 Å². The number of rotatable bonds is 3. The number of benzene rings is 2. The molecule has 0 amide bonds. The molecule has 0 saturated carbocycles. The zero-order chi connectivity index (χ0) is 13.2. The van der Waals surface area contributed by atoms with Crippen molar-refractivity contribution in [2.24, 2.45) is 0 Å². The maximum atomic E-state index is 6.20. The Labute approximate surface area is 130 Å². The summed E-state index contributed by atoms with van der Waals surface area (Å²) in [5, 5.41) is 5.50. The molecule has 3 aromatic rings. The zero-order valence-electron chi connectivity index (χ0n) is 10.1. The summed E-state index contributed by atoms with van der Waals surface area (Å²) in [6.45, 7) is 0. The van der Waals surface area contributed by atoms with Crippen molar-refractivity contribution in [1.29, 1.82) is 0 Å². The van der Waals surface area contributed by atoms with Crippen molar-refractivity contribution in [2.75, 3.05) is 0 Å². The molecule has 0 spiro atoms. The standard InChI is InChI=1S/C16H12BrClS/c17-14(16-15(18)8-9-19-16)10-12-6-3-5-11-4-1-2-7-13(11)12/h1-9,14H,10H2. The summed E-state index contributed by atoms with van der Waals surface area (Å²) in [5.74, 6) is 0. The Kier molecular flexibility index (Phi) is 3.92. The van der Waals surface area contributed by atoms with Crippen molar-refractivity contribution in [3.8, 4) is 0 Å². The highest BCUT2D eigenvalue weighted by molar-refractivity contribution is 9.09. The predicted octanol–water partition coefficient (Wildman–Crippen LogP) is 6.23. The maximum absolute atomic E-state index is 6.20. The smallest absolute Gasteiger partial charge is 0.0556 e. The van der Waals surface area contributed by atoms with E-state index in [0.717, 1.165) is 11.4 Å². The van der Waals surface area contributed by atoms with Gasteiger partial charge in [-0.3, -0.25) is 0 Å². The highest BCUT2D eigenvalue weighted by Crippen LogP contribution is 2.37. The molecule has 0 aliphatic rings. The molecule has 2 aromatic carbocycles. The molecule has 0 saturated heterocycles. The molecule has 19 heavy (non-hydrogen) atoms. The molecule has 0 N–H and O–H groups in total. The van der Waals surface area contributed by atoms with Crippen LogP contribution >= 0.6 is 38.9 Å². The van der Waals surface area contributed by atoms with Gasteiger partial charge in [-0.15, -0.1) is 11.3 Å². The van der Waals surface area contributed by atoms with Crippen molar-refractivity contribution in [3.63, 3.8) is 0 Å². The molecule has 1 heterocycles. The minimum absolute atomic E-state index is 0.269. The number of hydrogen-bond acceptors (Lipinski definition) is 1. The molecule has 0 bridgehead atoms. The minimum atomic E-state index is 0.269. The van der Waals surface area contributed by atoms with Crippen LogP contribution in [0.25, 0.3) is 10.8 Å². The van der Waals surface area contributed by atoms with Crippen molar-refractivity contribution < 1.29 is 0 Å². The molecule has 3 rings (SSSR count). The fourth-order valence-electron chi connectivity index (χ4n) is 2.29. The first kappa shape index (κ1) is 13.2. The summed E-state index contributed by atoms with van der Waals surface area (Å²) in [4.78, 5) is 1.47. The zero-order valence-corrected chi connectivity index (χ0v) is 13.3. The van der Waals surface area contributed by atoms with Gasteiger partial charge in [-0.25, -0.2) is 0 Å². The van der Waals surface area contributed by atoms with Crippen LogP contribution < -0.4 is 0 Å². The van der Waals surface area contributed by atoms with E-state index < -0.39 is 0 Å². The molecule has 0 aliphatic carbocycles. The van der Waals surface area contributed by atoms with Crippen LogP contribution in [0.5, 0.6) is 0 Å². The van der Waals surface area contributed by atoms with E-state index in [9.17, 15) is 0 Å². The number of hydrogen-bond donors (Lipinski definition) is 0. The number of fused-ring (bicyclic) bond motifs is 1. The minimum Gasteiger partial charge on any atom is -0.146 e. The Bertz CT molecular complexity index is 699. The second kappa shape index (κ2) is 5.66. The normalized spacial score (nSPS) is 12.7. The average molecular weight is 352 g/mol. The van der Waals surface area contributed by atoms with Gasteiger partial charge in [-0.1, -0.05) is 70.0 Å². The Morgan fingerprint density at radius 3 is 2.63 bits per heavy atom. The highest BCUT2D eigenvalue weighted by Gasteiger charge is 2.14. The average Bonchev–Trinajstić information content (AvgIpc) is 2.85. The fourth-order valence-corrected chi connectivity index (χ4v) is 4.50. The van der Waals surface area contributed by atoms with Gasteiger partial charge < -0.3 is 0 Å². The lowest BCUT2D eigenvalue weighted by molar-refractivity contribution is 0.979. The van der Waals surface area contributed by atoms with Crippen LogP contribution in [-0.4, -0.2) is 0 Å². The van der Waals surface area contributed by atoms with Crippen molar-refractivity contribution in [3.05, 3.63) is 69.4 Å².